The van der Waals surface area contributed by atoms with E-state index in [1.165, 1.54) is 61.3 Å². The molecule has 0 radical (unpaired) electrons. The van der Waals surface area contributed by atoms with E-state index in [1.54, 1.807) is 0 Å². The first kappa shape index (κ1) is 27.6. The molecule has 2 aliphatic rings. The Bertz CT molecular complexity index is 2230. The maximum absolute atomic E-state index is 2.48. The Balaban J connectivity index is 1.35. The number of hydrogen-bond acceptors (Lipinski definition) is 1. The number of para-hydroxylation sites is 1. The van der Waals surface area contributed by atoms with Crippen molar-refractivity contribution < 1.29 is 0 Å². The largest absolute Gasteiger partial charge is 0.310 e. The van der Waals surface area contributed by atoms with E-state index in [0.29, 0.717) is 0 Å². The first-order valence-corrected chi connectivity index (χ1v) is 16.5. The van der Waals surface area contributed by atoms with Crippen LogP contribution in [0.4, 0.5) is 17.1 Å². The van der Waals surface area contributed by atoms with Gasteiger partial charge in [0, 0.05) is 16.8 Å². The zero-order valence-electron chi connectivity index (χ0n) is 26.7. The van der Waals surface area contributed by atoms with Gasteiger partial charge in [0.05, 0.1) is 11.1 Å². The molecule has 0 amide bonds. The van der Waals surface area contributed by atoms with Crippen molar-refractivity contribution in [2.75, 3.05) is 4.90 Å². The van der Waals surface area contributed by atoms with Gasteiger partial charge in [0.25, 0.3) is 0 Å². The Labute approximate surface area is 277 Å². The molecular formula is C46H35N. The molecule has 0 saturated heterocycles. The zero-order chi connectivity index (χ0) is 31.6. The van der Waals surface area contributed by atoms with E-state index < -0.39 is 5.41 Å². The summed E-state index contributed by atoms with van der Waals surface area (Å²) in [6.07, 6.45) is 0. The summed E-state index contributed by atoms with van der Waals surface area (Å²) in [5.74, 6) is 0. The van der Waals surface area contributed by atoms with E-state index in [0.717, 1.165) is 11.4 Å². The van der Waals surface area contributed by atoms with E-state index in [9.17, 15) is 0 Å². The summed E-state index contributed by atoms with van der Waals surface area (Å²) < 4.78 is 0. The average Bonchev–Trinajstić information content (AvgIpc) is 3.56. The van der Waals surface area contributed by atoms with Gasteiger partial charge in [-0.1, -0.05) is 159 Å². The van der Waals surface area contributed by atoms with Gasteiger partial charge in [-0.2, -0.15) is 0 Å². The van der Waals surface area contributed by atoms with Crippen molar-refractivity contribution in [3.8, 4) is 22.3 Å². The first-order valence-electron chi connectivity index (χ1n) is 16.5. The fourth-order valence-corrected chi connectivity index (χ4v) is 8.58. The third-order valence-corrected chi connectivity index (χ3v) is 10.5. The summed E-state index contributed by atoms with van der Waals surface area (Å²) in [5, 5.41) is 0. The minimum atomic E-state index is -0.457. The fourth-order valence-electron chi connectivity index (χ4n) is 8.58. The van der Waals surface area contributed by atoms with Crippen LogP contribution in [0.3, 0.4) is 0 Å². The maximum Gasteiger partial charge on any atom is 0.0714 e. The van der Waals surface area contributed by atoms with E-state index in [2.05, 4.69) is 195 Å². The van der Waals surface area contributed by atoms with Crippen LogP contribution in [-0.4, -0.2) is 0 Å². The third-order valence-electron chi connectivity index (χ3n) is 10.5. The molecule has 1 heteroatoms. The normalized spacial score (nSPS) is 14.5. The standard InChI is InChI=1S/C46H35N/c1-45(2)40-26-14-12-24-37(40)39-25-16-28-43(44(39)45)47(34-21-10-5-11-22-34)35-29-30-38-36-23-13-15-27-41(36)46(42(38)31-35,32-17-6-3-7-18-32)33-19-8-4-9-20-33/h3-31H,1-2H3. The molecule has 224 valence electrons. The highest BCUT2D eigenvalue weighted by Gasteiger charge is 2.46. The van der Waals surface area contributed by atoms with Gasteiger partial charge in [-0.3, -0.25) is 0 Å². The van der Waals surface area contributed by atoms with Crippen LogP contribution in [-0.2, 0) is 10.8 Å². The van der Waals surface area contributed by atoms with Crippen molar-refractivity contribution in [2.45, 2.75) is 24.7 Å². The van der Waals surface area contributed by atoms with Gasteiger partial charge >= 0.3 is 0 Å². The Morgan fingerprint density at radius 1 is 0.383 bits per heavy atom. The molecule has 0 N–H and O–H groups in total. The molecule has 1 nitrogen and oxygen atoms in total. The lowest BCUT2D eigenvalue weighted by molar-refractivity contribution is 0.661. The molecular weight excluding hydrogens is 567 g/mol. The highest BCUT2D eigenvalue weighted by Crippen LogP contribution is 2.58. The van der Waals surface area contributed by atoms with E-state index in [1.807, 2.05) is 0 Å². The molecule has 0 fully saturated rings. The van der Waals surface area contributed by atoms with Gasteiger partial charge in [-0.25, -0.2) is 0 Å². The molecule has 0 saturated carbocycles. The highest BCUT2D eigenvalue weighted by molar-refractivity contribution is 5.93. The molecule has 0 unspecified atom stereocenters. The van der Waals surface area contributed by atoms with E-state index in [4.69, 9.17) is 0 Å². The average molecular weight is 602 g/mol. The molecule has 9 rings (SSSR count). The second kappa shape index (κ2) is 10.4. The van der Waals surface area contributed by atoms with Crippen LogP contribution in [0.1, 0.15) is 47.2 Å². The van der Waals surface area contributed by atoms with Crippen molar-refractivity contribution in [3.05, 3.63) is 209 Å². The Kier molecular flexibility index (Phi) is 6.14. The first-order chi connectivity index (χ1) is 23.1. The summed E-state index contributed by atoms with van der Waals surface area (Å²) in [6.45, 7) is 4.75. The van der Waals surface area contributed by atoms with Gasteiger partial charge in [-0.05, 0) is 86.0 Å². The second-order valence-corrected chi connectivity index (χ2v) is 13.3. The summed E-state index contributed by atoms with van der Waals surface area (Å²) in [7, 11) is 0. The summed E-state index contributed by atoms with van der Waals surface area (Å²) >= 11 is 0. The highest BCUT2D eigenvalue weighted by atomic mass is 15.1. The predicted octanol–water partition coefficient (Wildman–Crippen LogP) is 11.8. The molecule has 0 spiro atoms. The van der Waals surface area contributed by atoms with Crippen molar-refractivity contribution in [2.24, 2.45) is 0 Å². The van der Waals surface area contributed by atoms with Crippen LogP contribution in [0.15, 0.2) is 176 Å². The Morgan fingerprint density at radius 2 is 0.894 bits per heavy atom. The van der Waals surface area contributed by atoms with E-state index >= 15 is 0 Å². The Morgan fingerprint density at radius 3 is 1.55 bits per heavy atom. The van der Waals surface area contributed by atoms with Crippen molar-refractivity contribution in [1.82, 2.24) is 0 Å². The number of nitrogens with zero attached hydrogens (tertiary/aromatic N) is 1. The van der Waals surface area contributed by atoms with Crippen LogP contribution in [0.5, 0.6) is 0 Å². The van der Waals surface area contributed by atoms with Gasteiger partial charge in [-0.15, -0.1) is 0 Å². The summed E-state index contributed by atoms with van der Waals surface area (Å²) in [4.78, 5) is 2.48. The quantitative estimate of drug-likeness (QED) is 0.190. The predicted molar refractivity (Wildman–Crippen MR) is 196 cm³/mol. The van der Waals surface area contributed by atoms with Crippen LogP contribution in [0, 0.1) is 0 Å². The molecule has 0 atom stereocenters. The SMILES string of the molecule is CC1(C)c2ccccc2-c2cccc(N(c3ccccc3)c3ccc4c(c3)C(c3ccccc3)(c3ccccc3)c3ccccc3-4)c21. The number of benzene rings is 7. The number of anilines is 3. The molecule has 7 aromatic carbocycles. The minimum absolute atomic E-state index is 0.152. The summed E-state index contributed by atoms with van der Waals surface area (Å²) in [5.41, 5.74) is 16.1. The van der Waals surface area contributed by atoms with Crippen LogP contribution in [0.25, 0.3) is 22.3 Å². The topological polar surface area (TPSA) is 3.24 Å². The zero-order valence-corrected chi connectivity index (χ0v) is 26.7. The molecule has 0 bridgehead atoms. The molecule has 0 aromatic heterocycles. The van der Waals surface area contributed by atoms with Gasteiger partial charge in [0.15, 0.2) is 0 Å². The van der Waals surface area contributed by atoms with E-state index in [-0.39, 0.29) is 5.41 Å². The second-order valence-electron chi connectivity index (χ2n) is 13.3. The lowest BCUT2D eigenvalue weighted by atomic mass is 9.67. The monoisotopic (exact) mass is 601 g/mol. The molecule has 0 aliphatic heterocycles. The third kappa shape index (κ3) is 3.90. The molecule has 7 aromatic rings. The molecule has 47 heavy (non-hydrogen) atoms. The molecule has 0 heterocycles. The number of rotatable bonds is 5. The van der Waals surface area contributed by atoms with Crippen LogP contribution in [0.2, 0.25) is 0 Å². The fraction of sp³-hybridized carbons (Fsp3) is 0.0870. The lowest BCUT2D eigenvalue weighted by Crippen LogP contribution is -2.28. The van der Waals surface area contributed by atoms with Gasteiger partial charge < -0.3 is 4.90 Å². The maximum atomic E-state index is 2.48. The van der Waals surface area contributed by atoms with Gasteiger partial charge in [0.1, 0.15) is 0 Å². The summed E-state index contributed by atoms with van der Waals surface area (Å²) in [6, 6.07) is 64.9. The number of hydrogen-bond donors (Lipinski definition) is 0. The minimum Gasteiger partial charge on any atom is -0.310 e. The lowest BCUT2D eigenvalue weighted by Gasteiger charge is -2.35. The van der Waals surface area contributed by atoms with Crippen molar-refractivity contribution >= 4 is 17.1 Å². The number of fused-ring (bicyclic) bond motifs is 6. The Hall–Kier alpha value is -5.66. The van der Waals surface area contributed by atoms with Crippen molar-refractivity contribution in [3.63, 3.8) is 0 Å². The van der Waals surface area contributed by atoms with Crippen LogP contribution >= 0.6 is 0 Å². The van der Waals surface area contributed by atoms with Gasteiger partial charge in [0.2, 0.25) is 0 Å². The van der Waals surface area contributed by atoms with Crippen LogP contribution < -0.4 is 4.90 Å². The molecule has 2 aliphatic carbocycles. The smallest absolute Gasteiger partial charge is 0.0714 e. The van der Waals surface area contributed by atoms with Crippen molar-refractivity contribution in [1.29, 1.82) is 0 Å².